The van der Waals surface area contributed by atoms with E-state index in [0.717, 1.165) is 35.6 Å². The van der Waals surface area contributed by atoms with Crippen molar-refractivity contribution in [2.45, 2.75) is 78.2 Å². The molecular weight excluding hydrogens is 602 g/mol. The Morgan fingerprint density at radius 3 is 1.42 bits per heavy atom. The molecule has 0 bridgehead atoms. The number of para-hydroxylation sites is 1. The molecule has 4 heteroatoms. The van der Waals surface area contributed by atoms with Gasteiger partial charge in [-0.05, 0) is 24.0 Å². The fourth-order valence-corrected chi connectivity index (χ4v) is 4.39. The summed E-state index contributed by atoms with van der Waals surface area (Å²) in [4.78, 5) is 4.50. The van der Waals surface area contributed by atoms with Crippen molar-refractivity contribution in [3.63, 3.8) is 0 Å². The van der Waals surface area contributed by atoms with Crippen LogP contribution in [0.5, 0.6) is 0 Å². The van der Waals surface area contributed by atoms with Gasteiger partial charge in [0.2, 0.25) is 0 Å². The molecule has 0 radical (unpaired) electrons. The molecule has 1 aromatic heterocycles. The predicted octanol–water partition coefficient (Wildman–Crippen LogP) is 11.5. The summed E-state index contributed by atoms with van der Waals surface area (Å²) in [6.45, 7) is 22.9. The van der Waals surface area contributed by atoms with Gasteiger partial charge in [0.1, 0.15) is 0 Å². The van der Waals surface area contributed by atoms with E-state index in [9.17, 15) is 0 Å². The second-order valence-electron chi connectivity index (χ2n) is 11.7. The Bertz CT molecular complexity index is 1160. The normalized spacial score (nSPS) is 12.3. The van der Waals surface area contributed by atoms with Gasteiger partial charge >= 0.3 is 26.2 Å². The largest absolute Gasteiger partial charge is 4.00 e. The molecule has 0 aliphatic carbocycles. The van der Waals surface area contributed by atoms with Crippen LogP contribution in [0.1, 0.15) is 101 Å². The molecule has 226 valence electrons. The van der Waals surface area contributed by atoms with Crippen LogP contribution in [0, 0.1) is 13.8 Å². The number of hydrogen-bond acceptors (Lipinski definition) is 1. The van der Waals surface area contributed by atoms with E-state index in [0.29, 0.717) is 11.8 Å². The fraction of sp³-hybridized carbons (Fsp3) is 0.359. The first kappa shape index (κ1) is 38.2. The van der Waals surface area contributed by atoms with Crippen molar-refractivity contribution >= 4 is 5.69 Å². The molecule has 1 aliphatic heterocycles. The van der Waals surface area contributed by atoms with E-state index in [1.807, 2.05) is 79.0 Å². The minimum absolute atomic E-state index is 0. The molecule has 3 nitrogen and oxygen atoms in total. The Morgan fingerprint density at radius 1 is 0.651 bits per heavy atom. The molecule has 5 rings (SSSR count). The van der Waals surface area contributed by atoms with Crippen LogP contribution in [-0.4, -0.2) is 18.1 Å². The van der Waals surface area contributed by atoms with E-state index in [2.05, 4.69) is 90.0 Å². The van der Waals surface area contributed by atoms with Crippen molar-refractivity contribution in [2.24, 2.45) is 0 Å². The van der Waals surface area contributed by atoms with E-state index in [1.165, 1.54) is 30.4 Å². The zero-order valence-electron chi connectivity index (χ0n) is 27.3. The van der Waals surface area contributed by atoms with Gasteiger partial charge in [0.15, 0.2) is 0 Å². The number of pyridine rings is 1. The van der Waals surface area contributed by atoms with E-state index >= 15 is 0 Å². The average molecular weight is 653 g/mol. The SMILES string of the molecule is C1CC[N-]CC1.CC(C)c1cccc(C(C)C)c1[N-]C(C)(C)c1ccccn1.[CH2-]c1ccccc1.[CH2-]c1ccccc1.[Zr+4]. The van der Waals surface area contributed by atoms with Gasteiger partial charge in [-0.1, -0.05) is 114 Å². The Morgan fingerprint density at radius 2 is 1.12 bits per heavy atom. The molecule has 0 spiro atoms. The molecule has 2 heterocycles. The summed E-state index contributed by atoms with van der Waals surface area (Å²) in [7, 11) is 0. The number of aromatic nitrogens is 1. The van der Waals surface area contributed by atoms with E-state index in [1.54, 1.807) is 0 Å². The molecule has 0 amide bonds. The first-order valence-electron chi connectivity index (χ1n) is 15.3. The summed E-state index contributed by atoms with van der Waals surface area (Å²) in [6, 6.07) is 32.3. The first-order chi connectivity index (χ1) is 20.1. The van der Waals surface area contributed by atoms with Crippen LogP contribution in [0.25, 0.3) is 10.6 Å². The molecule has 3 aromatic carbocycles. The van der Waals surface area contributed by atoms with Gasteiger partial charge < -0.3 is 10.6 Å². The summed E-state index contributed by atoms with van der Waals surface area (Å²) < 4.78 is 0. The van der Waals surface area contributed by atoms with Crippen molar-refractivity contribution in [2.75, 3.05) is 13.1 Å². The van der Waals surface area contributed by atoms with Crippen LogP contribution < -0.4 is 0 Å². The third-order valence-corrected chi connectivity index (χ3v) is 6.84. The quantitative estimate of drug-likeness (QED) is 0.198. The summed E-state index contributed by atoms with van der Waals surface area (Å²) >= 11 is 0. The maximum absolute atomic E-state index is 5.14. The monoisotopic (exact) mass is 651 g/mol. The van der Waals surface area contributed by atoms with Crippen LogP contribution in [0.2, 0.25) is 0 Å². The molecule has 0 unspecified atom stereocenters. The van der Waals surface area contributed by atoms with Crippen molar-refractivity contribution in [3.05, 3.63) is 156 Å². The number of benzene rings is 3. The first-order valence-corrected chi connectivity index (χ1v) is 15.3. The molecule has 4 aromatic rings. The van der Waals surface area contributed by atoms with E-state index < -0.39 is 0 Å². The molecule has 0 N–H and O–H groups in total. The van der Waals surface area contributed by atoms with Gasteiger partial charge in [-0.15, -0.1) is 43.0 Å². The number of nitrogens with zero attached hydrogens (tertiary/aromatic N) is 3. The Labute approximate surface area is 282 Å². The minimum atomic E-state index is -0.337. The van der Waals surface area contributed by atoms with Gasteiger partial charge in [0.25, 0.3) is 0 Å². The topological polar surface area (TPSA) is 41.1 Å². The smallest absolute Gasteiger partial charge is 0.674 e. The van der Waals surface area contributed by atoms with Gasteiger partial charge in [0.05, 0.1) is 0 Å². The van der Waals surface area contributed by atoms with E-state index in [4.69, 9.17) is 5.32 Å². The second-order valence-corrected chi connectivity index (χ2v) is 11.7. The molecular formula is C39H51N3Zr. The van der Waals surface area contributed by atoms with Crippen LogP contribution >= 0.6 is 0 Å². The average Bonchev–Trinajstić information content (AvgIpc) is 3.00. The molecule has 0 atom stereocenters. The molecule has 43 heavy (non-hydrogen) atoms. The van der Waals surface area contributed by atoms with Crippen LogP contribution in [0.3, 0.4) is 0 Å². The zero-order chi connectivity index (χ0) is 30.8. The summed E-state index contributed by atoms with van der Waals surface area (Å²) in [5.74, 6) is 0.911. The Hall–Kier alpha value is -2.81. The summed E-state index contributed by atoms with van der Waals surface area (Å²) in [5, 5.41) is 9.32. The van der Waals surface area contributed by atoms with Gasteiger partial charge in [0, 0.05) is 11.9 Å². The summed E-state index contributed by atoms with van der Waals surface area (Å²) in [5.41, 5.74) is 6.58. The predicted molar refractivity (Wildman–Crippen MR) is 184 cm³/mol. The van der Waals surface area contributed by atoms with Crippen LogP contribution in [0.4, 0.5) is 5.69 Å². The Balaban J connectivity index is 0.000000354. The number of piperidine rings is 1. The third kappa shape index (κ3) is 15.0. The molecule has 1 aliphatic rings. The standard InChI is InChI=1S/C20H27N2.2C7H7.C5H10N.Zr/c1-14(2)16-10-9-11-17(15(3)4)19(16)22-20(5,6)18-12-7-8-13-21-18;2*1-7-5-3-2-4-6-7;1-2-4-6-5-3-1;/h7-15H,1-6H3;2*2-6H,1H2;1-5H2;/q4*-1;+4. The van der Waals surface area contributed by atoms with Gasteiger partial charge in [-0.2, -0.15) is 49.2 Å². The van der Waals surface area contributed by atoms with E-state index in [-0.39, 0.29) is 31.7 Å². The van der Waals surface area contributed by atoms with Gasteiger partial charge in [-0.3, -0.25) is 4.98 Å². The summed E-state index contributed by atoms with van der Waals surface area (Å²) in [6.07, 6.45) is 5.91. The minimum Gasteiger partial charge on any atom is -0.674 e. The maximum atomic E-state index is 5.14. The molecule has 1 saturated heterocycles. The van der Waals surface area contributed by atoms with Crippen LogP contribution in [0.15, 0.2) is 103 Å². The molecule has 1 fully saturated rings. The molecule has 0 saturated carbocycles. The number of hydrogen-bond donors (Lipinski definition) is 0. The fourth-order valence-electron chi connectivity index (χ4n) is 4.39. The van der Waals surface area contributed by atoms with Crippen molar-refractivity contribution in [1.29, 1.82) is 0 Å². The number of rotatable bonds is 5. The zero-order valence-corrected chi connectivity index (χ0v) is 29.7. The Kier molecular flexibility index (Phi) is 18.7. The second kappa shape index (κ2) is 21.0. The van der Waals surface area contributed by atoms with Gasteiger partial charge in [-0.25, -0.2) is 0 Å². The third-order valence-electron chi connectivity index (χ3n) is 6.84. The van der Waals surface area contributed by atoms with Crippen molar-refractivity contribution < 1.29 is 26.2 Å². The maximum Gasteiger partial charge on any atom is 4.00 e. The van der Waals surface area contributed by atoms with Crippen molar-refractivity contribution in [1.82, 2.24) is 4.98 Å². The van der Waals surface area contributed by atoms with Crippen molar-refractivity contribution in [3.8, 4) is 0 Å². The van der Waals surface area contributed by atoms with Crippen LogP contribution in [-0.2, 0) is 31.7 Å².